The van der Waals surface area contributed by atoms with Crippen molar-refractivity contribution in [2.24, 2.45) is 5.73 Å². The quantitative estimate of drug-likeness (QED) is 0.876. The van der Waals surface area contributed by atoms with Gasteiger partial charge < -0.3 is 10.3 Å². The van der Waals surface area contributed by atoms with Crippen LogP contribution in [0.4, 0.5) is 0 Å². The van der Waals surface area contributed by atoms with Gasteiger partial charge in [0, 0.05) is 28.6 Å². The number of fused-ring (bicyclic) bond motifs is 1. The smallest absolute Gasteiger partial charge is 0.0627 e. The average Bonchev–Trinajstić information content (AvgIpc) is 2.56. The molecular weight excluding hydrogens is 240 g/mol. The molecule has 0 amide bonds. The molecular formula is C11H13BrN2. The maximum absolute atomic E-state index is 5.70. The van der Waals surface area contributed by atoms with Gasteiger partial charge in [-0.1, -0.05) is 12.1 Å². The summed E-state index contributed by atoms with van der Waals surface area (Å²) in [5, 5.41) is 1.25. The Labute approximate surface area is 91.8 Å². The topological polar surface area (TPSA) is 30.9 Å². The first-order valence-electron chi connectivity index (χ1n) is 4.74. The molecule has 1 aromatic carbocycles. The molecule has 0 bridgehead atoms. The molecule has 0 saturated carbocycles. The van der Waals surface area contributed by atoms with Crippen LogP contribution < -0.4 is 5.73 Å². The van der Waals surface area contributed by atoms with E-state index in [4.69, 9.17) is 5.73 Å². The summed E-state index contributed by atoms with van der Waals surface area (Å²) in [7, 11) is 0. The van der Waals surface area contributed by atoms with Crippen molar-refractivity contribution in [2.45, 2.75) is 20.0 Å². The zero-order valence-corrected chi connectivity index (χ0v) is 9.71. The molecule has 74 valence electrons. The highest BCUT2D eigenvalue weighted by Gasteiger charge is 2.08. The van der Waals surface area contributed by atoms with Gasteiger partial charge in [-0.25, -0.2) is 0 Å². The molecule has 2 rings (SSSR count). The molecule has 0 aliphatic rings. The first-order valence-corrected chi connectivity index (χ1v) is 5.54. The Bertz CT molecular complexity index is 460. The van der Waals surface area contributed by atoms with Crippen LogP contribution in [0.3, 0.4) is 0 Å². The van der Waals surface area contributed by atoms with Crippen LogP contribution in [0.1, 0.15) is 12.6 Å². The summed E-state index contributed by atoms with van der Waals surface area (Å²) >= 11 is 3.57. The van der Waals surface area contributed by atoms with E-state index in [1.165, 1.54) is 16.6 Å². The van der Waals surface area contributed by atoms with Crippen LogP contribution in [0.5, 0.6) is 0 Å². The fourth-order valence-electron chi connectivity index (χ4n) is 1.86. The SMILES string of the molecule is CCn1c(CN)cc2cccc(Br)c21. The highest BCUT2D eigenvalue weighted by Crippen LogP contribution is 2.27. The summed E-state index contributed by atoms with van der Waals surface area (Å²) in [5.74, 6) is 0. The maximum atomic E-state index is 5.70. The summed E-state index contributed by atoms with van der Waals surface area (Å²) < 4.78 is 3.39. The molecule has 0 atom stereocenters. The van der Waals surface area contributed by atoms with Crippen molar-refractivity contribution in [1.82, 2.24) is 4.57 Å². The summed E-state index contributed by atoms with van der Waals surface area (Å²) in [6.07, 6.45) is 0. The fraction of sp³-hybridized carbons (Fsp3) is 0.273. The lowest BCUT2D eigenvalue weighted by atomic mass is 10.2. The molecule has 2 aromatic rings. The van der Waals surface area contributed by atoms with Gasteiger partial charge in [-0.3, -0.25) is 0 Å². The number of hydrogen-bond donors (Lipinski definition) is 1. The van der Waals surface area contributed by atoms with Gasteiger partial charge in [0.1, 0.15) is 0 Å². The first kappa shape index (κ1) is 9.74. The van der Waals surface area contributed by atoms with E-state index in [9.17, 15) is 0 Å². The fourth-order valence-corrected chi connectivity index (χ4v) is 2.46. The average molecular weight is 253 g/mol. The van der Waals surface area contributed by atoms with Crippen LogP contribution in [-0.4, -0.2) is 4.57 Å². The van der Waals surface area contributed by atoms with E-state index in [2.05, 4.69) is 45.6 Å². The lowest BCUT2D eigenvalue weighted by Gasteiger charge is -2.06. The Morgan fingerprint density at radius 1 is 1.43 bits per heavy atom. The minimum Gasteiger partial charge on any atom is -0.343 e. The number of halogens is 1. The van der Waals surface area contributed by atoms with Crippen molar-refractivity contribution in [3.63, 3.8) is 0 Å². The third-order valence-electron chi connectivity index (χ3n) is 2.48. The highest BCUT2D eigenvalue weighted by atomic mass is 79.9. The van der Waals surface area contributed by atoms with Crippen molar-refractivity contribution in [3.05, 3.63) is 34.4 Å². The van der Waals surface area contributed by atoms with Crippen LogP contribution in [0.25, 0.3) is 10.9 Å². The highest BCUT2D eigenvalue weighted by molar-refractivity contribution is 9.10. The molecule has 1 aromatic heterocycles. The number of rotatable bonds is 2. The monoisotopic (exact) mass is 252 g/mol. The second kappa shape index (κ2) is 3.75. The normalized spacial score (nSPS) is 11.1. The third kappa shape index (κ3) is 1.37. The lowest BCUT2D eigenvalue weighted by molar-refractivity contribution is 0.738. The van der Waals surface area contributed by atoms with Crippen molar-refractivity contribution in [1.29, 1.82) is 0 Å². The van der Waals surface area contributed by atoms with Crippen LogP contribution in [0.15, 0.2) is 28.7 Å². The molecule has 0 spiro atoms. The summed E-state index contributed by atoms with van der Waals surface area (Å²) in [6.45, 7) is 3.69. The van der Waals surface area contributed by atoms with E-state index in [0.29, 0.717) is 6.54 Å². The summed E-state index contributed by atoms with van der Waals surface area (Å²) in [5.41, 5.74) is 8.14. The number of aromatic nitrogens is 1. The van der Waals surface area contributed by atoms with Crippen LogP contribution in [0, 0.1) is 0 Å². The molecule has 14 heavy (non-hydrogen) atoms. The first-order chi connectivity index (χ1) is 6.77. The predicted octanol–water partition coefficient (Wildman–Crippen LogP) is 2.88. The van der Waals surface area contributed by atoms with E-state index >= 15 is 0 Å². The summed E-state index contributed by atoms with van der Waals surface area (Å²) in [4.78, 5) is 0. The second-order valence-corrected chi connectivity index (χ2v) is 4.12. The molecule has 0 saturated heterocycles. The minimum atomic E-state index is 0.592. The molecule has 1 heterocycles. The number of nitrogens with two attached hydrogens (primary N) is 1. The van der Waals surface area contributed by atoms with Crippen LogP contribution in [0.2, 0.25) is 0 Å². The molecule has 0 radical (unpaired) electrons. The summed E-state index contributed by atoms with van der Waals surface area (Å²) in [6, 6.07) is 8.39. The number of benzene rings is 1. The molecule has 0 unspecified atom stereocenters. The van der Waals surface area contributed by atoms with Gasteiger partial charge in [-0.05, 0) is 35.0 Å². The Balaban J connectivity index is 2.81. The third-order valence-corrected chi connectivity index (χ3v) is 3.12. The Hall–Kier alpha value is -0.800. The molecule has 3 heteroatoms. The molecule has 0 aliphatic heterocycles. The van der Waals surface area contributed by atoms with E-state index in [1.54, 1.807) is 0 Å². The van der Waals surface area contributed by atoms with Gasteiger partial charge in [0.2, 0.25) is 0 Å². The van der Waals surface area contributed by atoms with Crippen molar-refractivity contribution < 1.29 is 0 Å². The van der Waals surface area contributed by atoms with Gasteiger partial charge in [0.25, 0.3) is 0 Å². The minimum absolute atomic E-state index is 0.592. The zero-order chi connectivity index (χ0) is 10.1. The zero-order valence-electron chi connectivity index (χ0n) is 8.13. The van der Waals surface area contributed by atoms with Gasteiger partial charge in [0.15, 0.2) is 0 Å². The maximum Gasteiger partial charge on any atom is 0.0627 e. The van der Waals surface area contributed by atoms with Gasteiger partial charge in [-0.2, -0.15) is 0 Å². The number of aryl methyl sites for hydroxylation is 1. The largest absolute Gasteiger partial charge is 0.343 e. The molecule has 2 nitrogen and oxygen atoms in total. The van der Waals surface area contributed by atoms with Crippen LogP contribution >= 0.6 is 15.9 Å². The van der Waals surface area contributed by atoms with E-state index in [-0.39, 0.29) is 0 Å². The van der Waals surface area contributed by atoms with E-state index < -0.39 is 0 Å². The second-order valence-electron chi connectivity index (χ2n) is 3.26. The Morgan fingerprint density at radius 2 is 2.21 bits per heavy atom. The van der Waals surface area contributed by atoms with Gasteiger partial charge in [-0.15, -0.1) is 0 Å². The van der Waals surface area contributed by atoms with Gasteiger partial charge in [0.05, 0.1) is 5.52 Å². The van der Waals surface area contributed by atoms with Crippen molar-refractivity contribution in [3.8, 4) is 0 Å². The van der Waals surface area contributed by atoms with E-state index in [1.807, 2.05) is 6.07 Å². The van der Waals surface area contributed by atoms with Crippen molar-refractivity contribution in [2.75, 3.05) is 0 Å². The number of hydrogen-bond acceptors (Lipinski definition) is 1. The van der Waals surface area contributed by atoms with Crippen LogP contribution in [-0.2, 0) is 13.1 Å². The Kier molecular flexibility index (Phi) is 2.61. The molecule has 0 fully saturated rings. The lowest BCUT2D eigenvalue weighted by Crippen LogP contribution is -2.05. The molecule has 2 N–H and O–H groups in total. The molecule has 0 aliphatic carbocycles. The number of para-hydroxylation sites is 1. The van der Waals surface area contributed by atoms with E-state index in [0.717, 1.165) is 11.0 Å². The number of nitrogens with zero attached hydrogens (tertiary/aromatic N) is 1. The standard InChI is InChI=1S/C11H13BrN2/c1-2-14-9(7-13)6-8-4-3-5-10(12)11(8)14/h3-6H,2,7,13H2,1H3. The van der Waals surface area contributed by atoms with Gasteiger partial charge >= 0.3 is 0 Å². The Morgan fingerprint density at radius 3 is 2.86 bits per heavy atom. The predicted molar refractivity (Wildman–Crippen MR) is 63.2 cm³/mol. The van der Waals surface area contributed by atoms with Crippen molar-refractivity contribution >= 4 is 26.8 Å².